The maximum absolute atomic E-state index is 11.9. The van der Waals surface area contributed by atoms with Gasteiger partial charge in [-0.15, -0.1) is 11.3 Å². The molecule has 7 heteroatoms. The second kappa shape index (κ2) is 9.66. The molecule has 0 unspecified atom stereocenters. The third-order valence-electron chi connectivity index (χ3n) is 4.13. The van der Waals surface area contributed by atoms with E-state index in [1.54, 1.807) is 36.4 Å². The summed E-state index contributed by atoms with van der Waals surface area (Å²) < 4.78 is 10.8. The lowest BCUT2D eigenvalue weighted by atomic mass is 10.1. The normalized spacial score (nSPS) is 10.7. The highest BCUT2D eigenvalue weighted by Gasteiger charge is 2.09. The molecule has 148 valence electrons. The molecular formula is C22H20N2O4S. The molecule has 2 aromatic carbocycles. The highest BCUT2D eigenvalue weighted by atomic mass is 32.1. The first-order chi connectivity index (χ1) is 14.0. The van der Waals surface area contributed by atoms with Crippen LogP contribution < -0.4 is 14.9 Å². The molecule has 0 radical (unpaired) electrons. The van der Waals surface area contributed by atoms with Gasteiger partial charge in [-0.05, 0) is 72.3 Å². The maximum atomic E-state index is 11.9. The maximum Gasteiger partial charge on any atom is 0.353 e. The predicted molar refractivity (Wildman–Crippen MR) is 113 cm³/mol. The van der Waals surface area contributed by atoms with Gasteiger partial charge in [0, 0.05) is 0 Å². The fraction of sp³-hybridized carbons (Fsp3) is 0.136. The van der Waals surface area contributed by atoms with E-state index >= 15 is 0 Å². The Hall–Kier alpha value is -3.45. The number of carbonyl (C=O) groups is 2. The highest BCUT2D eigenvalue weighted by Crippen LogP contribution is 2.20. The average molecular weight is 408 g/mol. The molecule has 3 rings (SSSR count). The van der Waals surface area contributed by atoms with Crippen molar-refractivity contribution in [3.63, 3.8) is 0 Å². The number of amides is 1. The smallest absolute Gasteiger partial charge is 0.353 e. The van der Waals surface area contributed by atoms with Crippen molar-refractivity contribution in [3.8, 4) is 11.5 Å². The number of carbonyl (C=O) groups excluding carboxylic acids is 2. The largest absolute Gasteiger partial charge is 0.483 e. The molecule has 29 heavy (non-hydrogen) atoms. The quantitative estimate of drug-likeness (QED) is 0.276. The fourth-order valence-electron chi connectivity index (χ4n) is 2.41. The fourth-order valence-corrected chi connectivity index (χ4v) is 3.01. The molecule has 1 aromatic heterocycles. The van der Waals surface area contributed by atoms with Crippen molar-refractivity contribution >= 4 is 29.4 Å². The minimum absolute atomic E-state index is 0.126. The number of rotatable bonds is 7. The zero-order chi connectivity index (χ0) is 20.6. The lowest BCUT2D eigenvalue weighted by Gasteiger charge is -2.09. The summed E-state index contributed by atoms with van der Waals surface area (Å²) in [6, 6.07) is 16.0. The van der Waals surface area contributed by atoms with Gasteiger partial charge in [0.1, 0.15) is 16.4 Å². The summed E-state index contributed by atoms with van der Waals surface area (Å²) in [5, 5.41) is 5.73. The number of aryl methyl sites for hydroxylation is 1. The second-order valence-corrected chi connectivity index (χ2v) is 7.16. The summed E-state index contributed by atoms with van der Waals surface area (Å²) >= 11 is 1.32. The molecule has 6 nitrogen and oxygen atoms in total. The Morgan fingerprint density at radius 3 is 2.59 bits per heavy atom. The summed E-state index contributed by atoms with van der Waals surface area (Å²) in [5.41, 5.74) is 5.27. The standard InChI is InChI=1S/C22H20N2O4S/c1-15-5-3-6-19(16(15)2)27-14-21(25)24-23-13-17-8-10-18(11-9-17)28-22(26)20-7-4-12-29-20/h3-13H,14H2,1-2H3,(H,24,25)/b23-13-. The van der Waals surface area contributed by atoms with Gasteiger partial charge in [0.2, 0.25) is 0 Å². The van der Waals surface area contributed by atoms with Crippen LogP contribution in [0.2, 0.25) is 0 Å². The lowest BCUT2D eigenvalue weighted by molar-refractivity contribution is -0.123. The third kappa shape index (κ3) is 5.76. The van der Waals surface area contributed by atoms with E-state index in [2.05, 4.69) is 10.5 Å². The minimum Gasteiger partial charge on any atom is -0.483 e. The molecule has 0 aliphatic rings. The van der Waals surface area contributed by atoms with E-state index in [0.29, 0.717) is 16.4 Å². The number of esters is 1. The molecule has 3 aromatic rings. The zero-order valence-corrected chi connectivity index (χ0v) is 16.9. The minimum atomic E-state index is -0.391. The Bertz CT molecular complexity index is 1010. The van der Waals surface area contributed by atoms with Crippen LogP contribution >= 0.6 is 11.3 Å². The molecule has 0 saturated carbocycles. The number of benzene rings is 2. The van der Waals surface area contributed by atoms with Crippen molar-refractivity contribution in [2.75, 3.05) is 6.61 Å². The van der Waals surface area contributed by atoms with Gasteiger partial charge >= 0.3 is 5.97 Å². The van der Waals surface area contributed by atoms with Gasteiger partial charge in [0.25, 0.3) is 5.91 Å². The number of nitrogens with one attached hydrogen (secondary N) is 1. The van der Waals surface area contributed by atoms with Crippen LogP contribution in [0.15, 0.2) is 65.1 Å². The van der Waals surface area contributed by atoms with Gasteiger partial charge < -0.3 is 9.47 Å². The summed E-state index contributed by atoms with van der Waals surface area (Å²) in [7, 11) is 0. The molecular weight excluding hydrogens is 388 g/mol. The SMILES string of the molecule is Cc1cccc(OCC(=O)N/N=C\c2ccc(OC(=O)c3cccs3)cc2)c1C. The van der Waals surface area contributed by atoms with Crippen LogP contribution in [-0.2, 0) is 4.79 Å². The molecule has 0 bridgehead atoms. The van der Waals surface area contributed by atoms with Crippen LogP contribution in [0.25, 0.3) is 0 Å². The number of hydrazone groups is 1. The van der Waals surface area contributed by atoms with E-state index < -0.39 is 5.97 Å². The molecule has 1 heterocycles. The van der Waals surface area contributed by atoms with E-state index in [9.17, 15) is 9.59 Å². The van der Waals surface area contributed by atoms with E-state index in [-0.39, 0.29) is 12.5 Å². The van der Waals surface area contributed by atoms with Crippen LogP contribution in [0.4, 0.5) is 0 Å². The van der Waals surface area contributed by atoms with Gasteiger partial charge in [-0.25, -0.2) is 10.2 Å². The first kappa shape index (κ1) is 20.3. The molecule has 0 spiro atoms. The number of hydrogen-bond donors (Lipinski definition) is 1. The summed E-state index contributed by atoms with van der Waals surface area (Å²) in [6.45, 7) is 3.81. The van der Waals surface area contributed by atoms with Gasteiger partial charge in [-0.3, -0.25) is 4.79 Å². The molecule has 0 saturated heterocycles. The zero-order valence-electron chi connectivity index (χ0n) is 16.0. The number of nitrogens with zero attached hydrogens (tertiary/aromatic N) is 1. The Morgan fingerprint density at radius 2 is 1.86 bits per heavy atom. The van der Waals surface area contributed by atoms with Gasteiger partial charge in [0.15, 0.2) is 6.61 Å². The molecule has 1 N–H and O–H groups in total. The van der Waals surface area contributed by atoms with Crippen molar-refractivity contribution in [1.82, 2.24) is 5.43 Å². The summed E-state index contributed by atoms with van der Waals surface area (Å²) in [6.07, 6.45) is 1.50. The van der Waals surface area contributed by atoms with Gasteiger partial charge in [-0.1, -0.05) is 18.2 Å². The first-order valence-electron chi connectivity index (χ1n) is 8.89. The summed E-state index contributed by atoms with van der Waals surface area (Å²) in [4.78, 5) is 24.3. The number of hydrogen-bond acceptors (Lipinski definition) is 6. The number of thiophene rings is 1. The Labute approximate surface area is 172 Å². The first-order valence-corrected chi connectivity index (χ1v) is 9.77. The van der Waals surface area contributed by atoms with Gasteiger partial charge in [-0.2, -0.15) is 5.10 Å². The van der Waals surface area contributed by atoms with Gasteiger partial charge in [0.05, 0.1) is 6.21 Å². The van der Waals surface area contributed by atoms with Crippen LogP contribution in [0.3, 0.4) is 0 Å². The van der Waals surface area contributed by atoms with Crippen molar-refractivity contribution in [1.29, 1.82) is 0 Å². The Kier molecular flexibility index (Phi) is 6.76. The molecule has 0 atom stereocenters. The Balaban J connectivity index is 1.46. The number of ether oxygens (including phenoxy) is 2. The predicted octanol–water partition coefficient (Wildman–Crippen LogP) is 4.11. The second-order valence-electron chi connectivity index (χ2n) is 6.22. The lowest BCUT2D eigenvalue weighted by Crippen LogP contribution is -2.24. The monoisotopic (exact) mass is 408 g/mol. The van der Waals surface area contributed by atoms with Crippen molar-refractivity contribution in [3.05, 3.63) is 81.5 Å². The van der Waals surface area contributed by atoms with Crippen molar-refractivity contribution in [2.45, 2.75) is 13.8 Å². The third-order valence-corrected chi connectivity index (χ3v) is 4.98. The van der Waals surface area contributed by atoms with E-state index in [1.807, 2.05) is 37.4 Å². The Morgan fingerprint density at radius 1 is 1.07 bits per heavy atom. The van der Waals surface area contributed by atoms with Crippen LogP contribution in [0.5, 0.6) is 11.5 Å². The van der Waals surface area contributed by atoms with E-state index in [4.69, 9.17) is 9.47 Å². The van der Waals surface area contributed by atoms with Crippen LogP contribution in [0.1, 0.15) is 26.4 Å². The molecule has 0 fully saturated rings. The van der Waals surface area contributed by atoms with Crippen molar-refractivity contribution in [2.24, 2.45) is 5.10 Å². The molecule has 0 aliphatic heterocycles. The van der Waals surface area contributed by atoms with Crippen LogP contribution in [0, 0.1) is 13.8 Å². The average Bonchev–Trinajstić information content (AvgIpc) is 3.25. The topological polar surface area (TPSA) is 77.0 Å². The van der Waals surface area contributed by atoms with Crippen molar-refractivity contribution < 1.29 is 19.1 Å². The molecule has 1 amide bonds. The summed E-state index contributed by atoms with van der Waals surface area (Å²) in [5.74, 6) is 0.365. The van der Waals surface area contributed by atoms with E-state index in [0.717, 1.165) is 16.7 Å². The molecule has 0 aliphatic carbocycles. The van der Waals surface area contributed by atoms with Crippen LogP contribution in [-0.4, -0.2) is 24.7 Å². The highest BCUT2D eigenvalue weighted by molar-refractivity contribution is 7.12. The van der Waals surface area contributed by atoms with E-state index in [1.165, 1.54) is 17.6 Å².